The Balaban J connectivity index is 2.12. The summed E-state index contributed by atoms with van der Waals surface area (Å²) in [5.41, 5.74) is 2.25. The average Bonchev–Trinajstić information content (AvgIpc) is 2.45. The quantitative estimate of drug-likeness (QED) is 0.875. The first-order valence-electron chi connectivity index (χ1n) is 7.03. The van der Waals surface area contributed by atoms with E-state index in [0.717, 1.165) is 31.0 Å². The summed E-state index contributed by atoms with van der Waals surface area (Å²) >= 11 is 0. The van der Waals surface area contributed by atoms with E-state index < -0.39 is 0 Å². The first kappa shape index (κ1) is 14.3. The van der Waals surface area contributed by atoms with Gasteiger partial charge in [-0.3, -0.25) is 0 Å². The number of aromatic nitrogens is 2. The van der Waals surface area contributed by atoms with Crippen LogP contribution in [0, 0.1) is 6.92 Å². The monoisotopic (exact) mass is 270 g/mol. The van der Waals surface area contributed by atoms with Gasteiger partial charge in [-0.1, -0.05) is 37.3 Å². The molecule has 1 aromatic carbocycles. The van der Waals surface area contributed by atoms with Gasteiger partial charge in [-0.25, -0.2) is 4.98 Å². The van der Waals surface area contributed by atoms with E-state index in [0.29, 0.717) is 5.95 Å². The van der Waals surface area contributed by atoms with Gasteiger partial charge < -0.3 is 10.2 Å². The fourth-order valence-corrected chi connectivity index (χ4v) is 2.00. The van der Waals surface area contributed by atoms with Gasteiger partial charge in [0.15, 0.2) is 0 Å². The summed E-state index contributed by atoms with van der Waals surface area (Å²) in [6.07, 6.45) is 1.06. The molecule has 1 aromatic heterocycles. The van der Waals surface area contributed by atoms with E-state index in [9.17, 15) is 0 Å². The molecular formula is C16H22N4. The van der Waals surface area contributed by atoms with E-state index >= 15 is 0 Å². The van der Waals surface area contributed by atoms with Gasteiger partial charge in [-0.2, -0.15) is 4.98 Å². The zero-order valence-electron chi connectivity index (χ0n) is 12.4. The minimum absolute atomic E-state index is 0.710. The summed E-state index contributed by atoms with van der Waals surface area (Å²) in [7, 11) is 2.05. The molecule has 0 atom stereocenters. The minimum Gasteiger partial charge on any atom is -0.355 e. The van der Waals surface area contributed by atoms with E-state index in [1.54, 1.807) is 0 Å². The highest BCUT2D eigenvalue weighted by Crippen LogP contribution is 2.16. The third-order valence-corrected chi connectivity index (χ3v) is 3.03. The number of anilines is 2. The van der Waals surface area contributed by atoms with Crippen LogP contribution in [0.3, 0.4) is 0 Å². The Hall–Kier alpha value is -2.10. The van der Waals surface area contributed by atoms with Gasteiger partial charge in [-0.15, -0.1) is 0 Å². The Morgan fingerprint density at radius 3 is 2.60 bits per heavy atom. The van der Waals surface area contributed by atoms with Crippen molar-refractivity contribution in [2.75, 3.05) is 23.8 Å². The lowest BCUT2D eigenvalue weighted by Crippen LogP contribution is -2.19. The molecule has 4 nitrogen and oxygen atoms in total. The summed E-state index contributed by atoms with van der Waals surface area (Å²) in [5, 5.41) is 3.25. The molecule has 2 aromatic rings. The van der Waals surface area contributed by atoms with E-state index in [-0.39, 0.29) is 0 Å². The van der Waals surface area contributed by atoms with Crippen LogP contribution in [0.2, 0.25) is 0 Å². The zero-order chi connectivity index (χ0) is 14.4. The number of hydrogen-bond acceptors (Lipinski definition) is 4. The highest BCUT2D eigenvalue weighted by molar-refractivity contribution is 5.44. The fourth-order valence-electron chi connectivity index (χ4n) is 2.00. The Morgan fingerprint density at radius 2 is 1.90 bits per heavy atom. The molecule has 0 aliphatic carbocycles. The summed E-state index contributed by atoms with van der Waals surface area (Å²) in [4.78, 5) is 11.1. The van der Waals surface area contributed by atoms with E-state index in [1.165, 1.54) is 5.56 Å². The first-order valence-corrected chi connectivity index (χ1v) is 7.03. The molecule has 0 fully saturated rings. The summed E-state index contributed by atoms with van der Waals surface area (Å²) in [6.45, 7) is 5.86. The maximum Gasteiger partial charge on any atom is 0.224 e. The predicted molar refractivity (Wildman–Crippen MR) is 84.1 cm³/mol. The van der Waals surface area contributed by atoms with Gasteiger partial charge in [0.05, 0.1) is 0 Å². The lowest BCUT2D eigenvalue weighted by Gasteiger charge is -2.19. The highest BCUT2D eigenvalue weighted by atomic mass is 15.2. The van der Waals surface area contributed by atoms with Crippen molar-refractivity contribution in [1.29, 1.82) is 0 Å². The molecule has 0 aliphatic heterocycles. The number of nitrogens with one attached hydrogen (secondary N) is 1. The standard InChI is InChI=1S/C16H22N4/c1-4-10-17-16-18-13(2)11-15(19-16)20(3)12-14-8-6-5-7-9-14/h5-9,11H,4,10,12H2,1-3H3,(H,17,18,19). The molecule has 4 heteroatoms. The van der Waals surface area contributed by atoms with Crippen molar-refractivity contribution < 1.29 is 0 Å². The molecule has 0 amide bonds. The third-order valence-electron chi connectivity index (χ3n) is 3.03. The summed E-state index contributed by atoms with van der Waals surface area (Å²) < 4.78 is 0. The van der Waals surface area contributed by atoms with E-state index in [2.05, 4.69) is 58.4 Å². The van der Waals surface area contributed by atoms with Crippen molar-refractivity contribution in [2.45, 2.75) is 26.8 Å². The van der Waals surface area contributed by atoms with Gasteiger partial charge in [0.1, 0.15) is 5.82 Å². The molecule has 2 rings (SSSR count). The number of hydrogen-bond donors (Lipinski definition) is 1. The predicted octanol–water partition coefficient (Wildman–Crippen LogP) is 3.24. The second-order valence-electron chi connectivity index (χ2n) is 4.96. The molecule has 0 radical (unpaired) electrons. The first-order chi connectivity index (χ1) is 9.69. The van der Waals surface area contributed by atoms with Crippen LogP contribution in [-0.4, -0.2) is 23.6 Å². The summed E-state index contributed by atoms with van der Waals surface area (Å²) in [5.74, 6) is 1.65. The van der Waals surface area contributed by atoms with Crippen LogP contribution in [0.1, 0.15) is 24.6 Å². The number of rotatable bonds is 6. The fraction of sp³-hybridized carbons (Fsp3) is 0.375. The molecule has 0 aliphatic rings. The van der Waals surface area contributed by atoms with Gasteiger partial charge in [0, 0.05) is 31.9 Å². The van der Waals surface area contributed by atoms with Gasteiger partial charge in [-0.05, 0) is 18.9 Å². The second kappa shape index (κ2) is 6.89. The Morgan fingerprint density at radius 1 is 1.15 bits per heavy atom. The molecule has 0 saturated carbocycles. The summed E-state index contributed by atoms with van der Waals surface area (Å²) in [6, 6.07) is 12.4. The SMILES string of the molecule is CCCNc1nc(C)cc(N(C)Cc2ccccc2)n1. The normalized spacial score (nSPS) is 10.3. The Bertz CT molecular complexity index is 539. The smallest absolute Gasteiger partial charge is 0.224 e. The highest BCUT2D eigenvalue weighted by Gasteiger charge is 2.07. The van der Waals surface area contributed by atoms with E-state index in [4.69, 9.17) is 0 Å². The van der Waals surface area contributed by atoms with Crippen LogP contribution in [-0.2, 0) is 6.54 Å². The molecule has 0 unspecified atom stereocenters. The van der Waals surface area contributed by atoms with Gasteiger partial charge in [0.2, 0.25) is 5.95 Å². The zero-order valence-corrected chi connectivity index (χ0v) is 12.4. The van der Waals surface area contributed by atoms with Gasteiger partial charge >= 0.3 is 0 Å². The lowest BCUT2D eigenvalue weighted by atomic mass is 10.2. The molecule has 1 heterocycles. The maximum atomic E-state index is 4.57. The van der Waals surface area contributed by atoms with Gasteiger partial charge in [0.25, 0.3) is 0 Å². The largest absolute Gasteiger partial charge is 0.355 e. The molecular weight excluding hydrogens is 248 g/mol. The molecule has 106 valence electrons. The van der Waals surface area contributed by atoms with Crippen LogP contribution >= 0.6 is 0 Å². The van der Waals surface area contributed by atoms with Crippen molar-refractivity contribution in [3.8, 4) is 0 Å². The number of benzene rings is 1. The van der Waals surface area contributed by atoms with Crippen LogP contribution in [0.25, 0.3) is 0 Å². The third kappa shape index (κ3) is 3.95. The van der Waals surface area contributed by atoms with Crippen LogP contribution < -0.4 is 10.2 Å². The van der Waals surface area contributed by atoms with Crippen molar-refractivity contribution in [1.82, 2.24) is 9.97 Å². The number of nitrogens with zero attached hydrogens (tertiary/aromatic N) is 3. The Labute approximate surface area is 120 Å². The number of aryl methyl sites for hydroxylation is 1. The molecule has 0 saturated heterocycles. The van der Waals surface area contributed by atoms with Crippen molar-refractivity contribution in [3.63, 3.8) is 0 Å². The molecule has 0 spiro atoms. The van der Waals surface area contributed by atoms with Crippen LogP contribution in [0.5, 0.6) is 0 Å². The average molecular weight is 270 g/mol. The lowest BCUT2D eigenvalue weighted by molar-refractivity contribution is 0.879. The molecule has 0 bridgehead atoms. The molecule has 1 N–H and O–H groups in total. The van der Waals surface area contributed by atoms with E-state index in [1.807, 2.05) is 19.1 Å². The maximum absolute atomic E-state index is 4.57. The van der Waals surface area contributed by atoms with Crippen molar-refractivity contribution in [2.24, 2.45) is 0 Å². The van der Waals surface area contributed by atoms with Crippen molar-refractivity contribution in [3.05, 3.63) is 47.7 Å². The second-order valence-corrected chi connectivity index (χ2v) is 4.96. The van der Waals surface area contributed by atoms with Crippen LogP contribution in [0.15, 0.2) is 36.4 Å². The molecule has 20 heavy (non-hydrogen) atoms. The van der Waals surface area contributed by atoms with Crippen molar-refractivity contribution >= 4 is 11.8 Å². The van der Waals surface area contributed by atoms with Crippen LogP contribution in [0.4, 0.5) is 11.8 Å². The Kier molecular flexibility index (Phi) is 4.93. The topological polar surface area (TPSA) is 41.1 Å². The minimum atomic E-state index is 0.710.